The van der Waals surface area contributed by atoms with Gasteiger partial charge in [-0.15, -0.1) is 11.8 Å². The summed E-state index contributed by atoms with van der Waals surface area (Å²) in [6.07, 6.45) is 1.23. The van der Waals surface area contributed by atoms with Gasteiger partial charge >= 0.3 is 0 Å². The highest BCUT2D eigenvalue weighted by Crippen LogP contribution is 2.30. The molecule has 1 aromatic rings. The lowest BCUT2D eigenvalue weighted by Gasteiger charge is -2.14. The van der Waals surface area contributed by atoms with Gasteiger partial charge in [-0.2, -0.15) is 0 Å². The van der Waals surface area contributed by atoms with Crippen LogP contribution < -0.4 is 5.73 Å². The van der Waals surface area contributed by atoms with Crippen LogP contribution in [0.4, 0.5) is 0 Å². The van der Waals surface area contributed by atoms with E-state index in [1.807, 2.05) is 18.7 Å². The number of rotatable bonds is 5. The first-order chi connectivity index (χ1) is 7.54. The van der Waals surface area contributed by atoms with Crippen LogP contribution in [0.3, 0.4) is 0 Å². The molecule has 3 heteroatoms. The maximum Gasteiger partial charge on any atom is 0.0277 e. The van der Waals surface area contributed by atoms with Crippen LogP contribution in [0.15, 0.2) is 27.6 Å². The van der Waals surface area contributed by atoms with Gasteiger partial charge in [-0.1, -0.05) is 36.2 Å². The molecule has 1 nitrogen and oxygen atoms in total. The quantitative estimate of drug-likeness (QED) is 0.804. The van der Waals surface area contributed by atoms with Crippen molar-refractivity contribution >= 4 is 27.7 Å². The summed E-state index contributed by atoms with van der Waals surface area (Å²) in [5, 5.41) is 0. The number of hydrogen-bond acceptors (Lipinski definition) is 2. The number of halogens is 1. The third kappa shape index (κ3) is 4.11. The van der Waals surface area contributed by atoms with E-state index in [0.717, 1.165) is 16.1 Å². The van der Waals surface area contributed by atoms with Crippen LogP contribution in [0.25, 0.3) is 0 Å². The number of nitrogens with two attached hydrogens (primary N) is 1. The van der Waals surface area contributed by atoms with Crippen molar-refractivity contribution in [2.24, 2.45) is 11.7 Å². The van der Waals surface area contributed by atoms with Gasteiger partial charge in [-0.05, 0) is 36.6 Å². The highest BCUT2D eigenvalue weighted by molar-refractivity contribution is 9.10. The van der Waals surface area contributed by atoms with E-state index < -0.39 is 0 Å². The Hall–Kier alpha value is 0.01000. The minimum Gasteiger partial charge on any atom is -0.324 e. The van der Waals surface area contributed by atoms with Gasteiger partial charge in [0.15, 0.2) is 0 Å². The van der Waals surface area contributed by atoms with E-state index in [-0.39, 0.29) is 6.04 Å². The van der Waals surface area contributed by atoms with E-state index in [9.17, 15) is 0 Å². The van der Waals surface area contributed by atoms with E-state index in [4.69, 9.17) is 5.73 Å². The Kier molecular flexibility index (Phi) is 5.87. The number of hydrogen-bond donors (Lipinski definition) is 1. The Morgan fingerprint density at radius 1 is 1.38 bits per heavy atom. The van der Waals surface area contributed by atoms with Crippen molar-refractivity contribution in [2.75, 3.05) is 5.75 Å². The van der Waals surface area contributed by atoms with Crippen molar-refractivity contribution in [1.82, 2.24) is 0 Å². The standard InChI is InChI=1S/C13H20BrNS/c1-4-9(2)8-16-13-6-5-11(14)7-12(13)10(3)15/h5-7,9-10H,4,8,15H2,1-3H3. The molecule has 1 aromatic carbocycles. The second-order valence-corrected chi connectivity index (χ2v) is 6.27. The third-order valence-electron chi connectivity index (χ3n) is 2.68. The molecule has 0 bridgehead atoms. The maximum absolute atomic E-state index is 5.99. The van der Waals surface area contributed by atoms with Gasteiger partial charge < -0.3 is 5.73 Å². The zero-order valence-electron chi connectivity index (χ0n) is 10.2. The second kappa shape index (κ2) is 6.67. The Labute approximate surface area is 111 Å². The van der Waals surface area contributed by atoms with Crippen molar-refractivity contribution in [3.05, 3.63) is 28.2 Å². The van der Waals surface area contributed by atoms with Crippen LogP contribution in [0, 0.1) is 5.92 Å². The van der Waals surface area contributed by atoms with Crippen LogP contribution in [0.2, 0.25) is 0 Å². The molecule has 16 heavy (non-hydrogen) atoms. The lowest BCUT2D eigenvalue weighted by atomic mass is 10.1. The van der Waals surface area contributed by atoms with Crippen molar-refractivity contribution in [2.45, 2.75) is 38.1 Å². The van der Waals surface area contributed by atoms with Crippen molar-refractivity contribution in [3.8, 4) is 0 Å². The second-order valence-electron chi connectivity index (χ2n) is 4.30. The Morgan fingerprint density at radius 2 is 2.06 bits per heavy atom. The summed E-state index contributed by atoms with van der Waals surface area (Å²) in [4.78, 5) is 1.32. The molecular formula is C13H20BrNS. The van der Waals surface area contributed by atoms with Crippen molar-refractivity contribution in [3.63, 3.8) is 0 Å². The summed E-state index contributed by atoms with van der Waals surface area (Å²) in [5.74, 6) is 1.92. The molecule has 0 fully saturated rings. The SMILES string of the molecule is CCC(C)CSc1ccc(Br)cc1C(C)N. The smallest absolute Gasteiger partial charge is 0.0277 e. The molecule has 0 spiro atoms. The van der Waals surface area contributed by atoms with Gasteiger partial charge in [0.25, 0.3) is 0 Å². The average molecular weight is 302 g/mol. The highest BCUT2D eigenvalue weighted by Gasteiger charge is 2.09. The van der Waals surface area contributed by atoms with Gasteiger partial charge in [0.05, 0.1) is 0 Å². The van der Waals surface area contributed by atoms with Gasteiger partial charge in [-0.3, -0.25) is 0 Å². The Balaban J connectivity index is 2.78. The zero-order chi connectivity index (χ0) is 12.1. The minimum atomic E-state index is 0.0944. The van der Waals surface area contributed by atoms with Gasteiger partial charge in [0, 0.05) is 21.2 Å². The molecule has 0 aliphatic carbocycles. The summed E-state index contributed by atoms with van der Waals surface area (Å²) in [6.45, 7) is 6.56. The average Bonchev–Trinajstić information content (AvgIpc) is 2.26. The molecule has 1 rings (SSSR count). The lowest BCUT2D eigenvalue weighted by molar-refractivity contribution is 0.636. The molecule has 0 radical (unpaired) electrons. The number of benzene rings is 1. The molecular weight excluding hydrogens is 282 g/mol. The van der Waals surface area contributed by atoms with Crippen LogP contribution in [-0.2, 0) is 0 Å². The van der Waals surface area contributed by atoms with E-state index in [2.05, 4.69) is 48.0 Å². The monoisotopic (exact) mass is 301 g/mol. The van der Waals surface area contributed by atoms with E-state index in [1.54, 1.807) is 0 Å². The molecule has 0 saturated heterocycles. The molecule has 0 saturated carbocycles. The first-order valence-electron chi connectivity index (χ1n) is 5.72. The largest absolute Gasteiger partial charge is 0.324 e. The summed E-state index contributed by atoms with van der Waals surface area (Å²) < 4.78 is 1.10. The van der Waals surface area contributed by atoms with Crippen molar-refractivity contribution in [1.29, 1.82) is 0 Å². The maximum atomic E-state index is 5.99. The Bertz CT molecular complexity index is 339. The molecule has 0 aromatic heterocycles. The van der Waals surface area contributed by atoms with E-state index in [0.29, 0.717) is 0 Å². The fraction of sp³-hybridized carbons (Fsp3) is 0.538. The van der Waals surface area contributed by atoms with E-state index in [1.165, 1.54) is 16.9 Å². The summed E-state index contributed by atoms with van der Waals surface area (Å²) in [6, 6.07) is 6.47. The fourth-order valence-electron chi connectivity index (χ4n) is 1.36. The predicted molar refractivity (Wildman–Crippen MR) is 76.9 cm³/mol. The molecule has 90 valence electrons. The normalized spacial score (nSPS) is 14.8. The van der Waals surface area contributed by atoms with Crippen LogP contribution >= 0.6 is 27.7 Å². The summed E-state index contributed by atoms with van der Waals surface area (Å²) >= 11 is 5.41. The molecule has 0 heterocycles. The topological polar surface area (TPSA) is 26.0 Å². The highest BCUT2D eigenvalue weighted by atomic mass is 79.9. The zero-order valence-corrected chi connectivity index (χ0v) is 12.6. The third-order valence-corrected chi connectivity index (χ3v) is 4.59. The predicted octanol–water partition coefficient (Wildman–Crippen LogP) is 4.61. The van der Waals surface area contributed by atoms with Crippen LogP contribution in [-0.4, -0.2) is 5.75 Å². The van der Waals surface area contributed by atoms with Gasteiger partial charge in [-0.25, -0.2) is 0 Å². The number of thioether (sulfide) groups is 1. The molecule has 2 atom stereocenters. The first-order valence-corrected chi connectivity index (χ1v) is 7.50. The lowest BCUT2D eigenvalue weighted by Crippen LogP contribution is -2.07. The molecule has 0 aliphatic heterocycles. The van der Waals surface area contributed by atoms with Crippen LogP contribution in [0.5, 0.6) is 0 Å². The Morgan fingerprint density at radius 3 is 2.62 bits per heavy atom. The molecule has 2 unspecified atom stereocenters. The van der Waals surface area contributed by atoms with E-state index >= 15 is 0 Å². The fourth-order valence-corrected chi connectivity index (χ4v) is 3.01. The van der Waals surface area contributed by atoms with Crippen LogP contribution in [0.1, 0.15) is 38.8 Å². The molecule has 2 N–H and O–H groups in total. The van der Waals surface area contributed by atoms with Gasteiger partial charge in [0.2, 0.25) is 0 Å². The first kappa shape index (κ1) is 14.1. The summed E-state index contributed by atoms with van der Waals surface area (Å²) in [7, 11) is 0. The van der Waals surface area contributed by atoms with Gasteiger partial charge in [0.1, 0.15) is 0 Å². The molecule has 0 aliphatic rings. The summed E-state index contributed by atoms with van der Waals surface area (Å²) in [5.41, 5.74) is 7.23. The molecule has 0 amide bonds. The van der Waals surface area contributed by atoms with Crippen molar-refractivity contribution < 1.29 is 0 Å². The minimum absolute atomic E-state index is 0.0944.